The van der Waals surface area contributed by atoms with Crippen LogP contribution < -0.4 is 10.5 Å². The first-order chi connectivity index (χ1) is 8.44. The van der Waals surface area contributed by atoms with Crippen molar-refractivity contribution < 1.29 is 13.6 Å². The van der Waals surface area contributed by atoms with Gasteiger partial charge in [-0.2, -0.15) is 0 Å². The summed E-state index contributed by atoms with van der Waals surface area (Å²) in [4.78, 5) is 0. The van der Waals surface area contributed by atoms with Crippen LogP contribution in [0.15, 0.2) is 35.5 Å². The molecule has 1 atom stereocenters. The van der Waals surface area contributed by atoms with Crippen molar-refractivity contribution in [3.63, 3.8) is 0 Å². The van der Waals surface area contributed by atoms with Crippen LogP contribution in [0.4, 0.5) is 0 Å². The molecule has 0 aromatic heterocycles. The molecule has 0 fully saturated rings. The number of rotatable bonds is 6. The van der Waals surface area contributed by atoms with Crippen LogP contribution in [0.1, 0.15) is 12.5 Å². The Kier molecular flexibility index (Phi) is 5.11. The number of nitrogens with one attached hydrogen (secondary N) is 1. The van der Waals surface area contributed by atoms with Crippen molar-refractivity contribution in [3.05, 3.63) is 35.9 Å². The van der Waals surface area contributed by atoms with Crippen LogP contribution in [-0.2, 0) is 16.4 Å². The number of sulfonamides is 1. The van der Waals surface area contributed by atoms with Crippen molar-refractivity contribution in [1.29, 1.82) is 0 Å². The van der Waals surface area contributed by atoms with E-state index in [9.17, 15) is 8.42 Å². The summed E-state index contributed by atoms with van der Waals surface area (Å²) in [6.45, 7) is 1.51. The van der Waals surface area contributed by atoms with Gasteiger partial charge in [0.1, 0.15) is 0 Å². The molecule has 1 aromatic carbocycles. The molecule has 0 spiro atoms. The Balaban J connectivity index is 2.56. The van der Waals surface area contributed by atoms with E-state index in [0.717, 1.165) is 5.56 Å². The van der Waals surface area contributed by atoms with Gasteiger partial charge in [-0.05, 0) is 18.9 Å². The zero-order valence-electron chi connectivity index (χ0n) is 10.1. The third-order valence-corrected chi connectivity index (χ3v) is 3.87. The van der Waals surface area contributed by atoms with Gasteiger partial charge in [-0.15, -0.1) is 0 Å². The lowest BCUT2D eigenvalue weighted by Gasteiger charge is -2.12. The molecule has 0 saturated carbocycles. The highest BCUT2D eigenvalue weighted by Gasteiger charge is 2.17. The van der Waals surface area contributed by atoms with E-state index in [2.05, 4.69) is 9.88 Å². The van der Waals surface area contributed by atoms with Gasteiger partial charge < -0.3 is 10.9 Å². The van der Waals surface area contributed by atoms with Crippen molar-refractivity contribution in [2.45, 2.75) is 19.4 Å². The lowest BCUT2D eigenvalue weighted by molar-refractivity contribution is 0.316. The molecule has 1 unspecified atom stereocenters. The third kappa shape index (κ3) is 4.72. The molecule has 6 nitrogen and oxygen atoms in total. The van der Waals surface area contributed by atoms with Crippen molar-refractivity contribution in [2.24, 2.45) is 10.9 Å². The predicted octanol–water partition coefficient (Wildman–Crippen LogP) is 0.283. The van der Waals surface area contributed by atoms with E-state index >= 15 is 0 Å². The van der Waals surface area contributed by atoms with Gasteiger partial charge in [-0.1, -0.05) is 35.5 Å². The van der Waals surface area contributed by atoms with Gasteiger partial charge in [0.25, 0.3) is 0 Å². The Bertz CT molecular complexity index is 500. The quantitative estimate of drug-likeness (QED) is 0.299. The summed E-state index contributed by atoms with van der Waals surface area (Å²) >= 11 is 0. The fourth-order valence-electron chi connectivity index (χ4n) is 1.37. The highest BCUT2D eigenvalue weighted by Crippen LogP contribution is 2.02. The van der Waals surface area contributed by atoms with Gasteiger partial charge in [-0.3, -0.25) is 0 Å². The maximum Gasteiger partial charge on any atom is 0.212 e. The summed E-state index contributed by atoms with van der Waals surface area (Å²) in [5, 5.41) is 11.2. The van der Waals surface area contributed by atoms with Gasteiger partial charge in [0.05, 0.1) is 11.8 Å². The molecule has 100 valence electrons. The molecular weight excluding hydrogens is 254 g/mol. The minimum absolute atomic E-state index is 0.0416. The summed E-state index contributed by atoms with van der Waals surface area (Å²) in [6.07, 6.45) is 0.416. The van der Waals surface area contributed by atoms with E-state index in [1.807, 2.05) is 30.3 Å². The Morgan fingerprint density at radius 1 is 1.44 bits per heavy atom. The number of aryl methyl sites for hydroxylation is 1. The van der Waals surface area contributed by atoms with Crippen LogP contribution in [0, 0.1) is 0 Å². The van der Waals surface area contributed by atoms with Gasteiger partial charge in [0.15, 0.2) is 5.84 Å². The second-order valence-corrected chi connectivity index (χ2v) is 5.79. The molecule has 0 heterocycles. The molecule has 1 rings (SSSR count). The number of nitrogens with two attached hydrogens (primary N) is 1. The number of benzene rings is 1. The van der Waals surface area contributed by atoms with E-state index in [0.29, 0.717) is 6.42 Å². The molecular formula is C11H17N3O3S. The zero-order chi connectivity index (χ0) is 13.6. The van der Waals surface area contributed by atoms with Crippen molar-refractivity contribution >= 4 is 15.9 Å². The number of amidine groups is 1. The molecule has 0 aliphatic carbocycles. The summed E-state index contributed by atoms with van der Waals surface area (Å²) in [6, 6.07) is 8.58. The van der Waals surface area contributed by atoms with Crippen LogP contribution in [0.2, 0.25) is 0 Å². The van der Waals surface area contributed by atoms with Crippen LogP contribution in [0.5, 0.6) is 0 Å². The summed E-state index contributed by atoms with van der Waals surface area (Å²) in [7, 11) is -3.46. The SMILES string of the molecule is CC(NS(=O)(=O)CCc1ccccc1)/C(N)=N/O. The minimum atomic E-state index is -3.46. The van der Waals surface area contributed by atoms with Crippen LogP contribution in [0.25, 0.3) is 0 Å². The smallest absolute Gasteiger partial charge is 0.212 e. The third-order valence-electron chi connectivity index (χ3n) is 2.42. The highest BCUT2D eigenvalue weighted by molar-refractivity contribution is 7.89. The normalized spacial score (nSPS) is 14.4. The summed E-state index contributed by atoms with van der Waals surface area (Å²) < 4.78 is 25.8. The van der Waals surface area contributed by atoms with Crippen molar-refractivity contribution in [2.75, 3.05) is 5.75 Å². The van der Waals surface area contributed by atoms with E-state index < -0.39 is 16.1 Å². The standard InChI is InChI=1S/C11H17N3O3S/c1-9(11(12)13-15)14-18(16,17)8-7-10-5-3-2-4-6-10/h2-6,9,14-15H,7-8H2,1H3,(H2,12,13). The molecule has 0 amide bonds. The molecule has 0 saturated heterocycles. The second kappa shape index (κ2) is 6.36. The average Bonchev–Trinajstić information content (AvgIpc) is 2.36. The molecule has 0 aliphatic heterocycles. The van der Waals surface area contributed by atoms with Crippen molar-refractivity contribution in [1.82, 2.24) is 4.72 Å². The number of hydrogen-bond donors (Lipinski definition) is 3. The lowest BCUT2D eigenvalue weighted by atomic mass is 10.2. The number of hydrogen-bond acceptors (Lipinski definition) is 4. The second-order valence-electron chi connectivity index (χ2n) is 3.92. The minimum Gasteiger partial charge on any atom is -0.409 e. The maximum atomic E-state index is 11.7. The van der Waals surface area contributed by atoms with Gasteiger partial charge in [0.2, 0.25) is 10.0 Å². The van der Waals surface area contributed by atoms with Gasteiger partial charge >= 0.3 is 0 Å². The summed E-state index contributed by atoms with van der Waals surface area (Å²) in [5.74, 6) is -0.210. The molecule has 0 aliphatic rings. The Morgan fingerprint density at radius 2 is 2.06 bits per heavy atom. The predicted molar refractivity (Wildman–Crippen MR) is 69.9 cm³/mol. The lowest BCUT2D eigenvalue weighted by Crippen LogP contribution is -2.43. The Labute approximate surface area is 107 Å². The first kappa shape index (κ1) is 14.5. The molecule has 0 bridgehead atoms. The van der Waals surface area contributed by atoms with E-state index in [4.69, 9.17) is 10.9 Å². The maximum absolute atomic E-state index is 11.7. The Morgan fingerprint density at radius 3 is 2.61 bits per heavy atom. The molecule has 7 heteroatoms. The van der Waals surface area contributed by atoms with Crippen LogP contribution in [0.3, 0.4) is 0 Å². The molecule has 18 heavy (non-hydrogen) atoms. The fourth-order valence-corrected chi connectivity index (χ4v) is 2.65. The van der Waals surface area contributed by atoms with Crippen LogP contribution in [-0.4, -0.2) is 31.3 Å². The molecule has 4 N–H and O–H groups in total. The summed E-state index contributed by atoms with van der Waals surface area (Å²) in [5.41, 5.74) is 6.25. The van der Waals surface area contributed by atoms with E-state index in [1.165, 1.54) is 6.92 Å². The van der Waals surface area contributed by atoms with E-state index in [-0.39, 0.29) is 11.6 Å². The first-order valence-corrected chi connectivity index (χ1v) is 7.11. The largest absolute Gasteiger partial charge is 0.409 e. The van der Waals surface area contributed by atoms with Gasteiger partial charge in [0, 0.05) is 0 Å². The van der Waals surface area contributed by atoms with Gasteiger partial charge in [-0.25, -0.2) is 13.1 Å². The highest BCUT2D eigenvalue weighted by atomic mass is 32.2. The topological polar surface area (TPSA) is 105 Å². The zero-order valence-corrected chi connectivity index (χ0v) is 10.9. The average molecular weight is 271 g/mol. The van der Waals surface area contributed by atoms with E-state index in [1.54, 1.807) is 0 Å². The first-order valence-electron chi connectivity index (χ1n) is 5.46. The number of oxime groups is 1. The van der Waals surface area contributed by atoms with Crippen LogP contribution >= 0.6 is 0 Å². The Hall–Kier alpha value is -1.60. The number of nitrogens with zero attached hydrogens (tertiary/aromatic N) is 1. The molecule has 0 radical (unpaired) electrons. The molecule has 1 aromatic rings. The monoisotopic (exact) mass is 271 g/mol. The van der Waals surface area contributed by atoms with Crippen molar-refractivity contribution in [3.8, 4) is 0 Å². The fraction of sp³-hybridized carbons (Fsp3) is 0.364.